The van der Waals surface area contributed by atoms with Gasteiger partial charge in [0.05, 0.1) is 12.3 Å². The van der Waals surface area contributed by atoms with Gasteiger partial charge in [-0.2, -0.15) is 0 Å². The third kappa shape index (κ3) is 5.19. The van der Waals surface area contributed by atoms with E-state index in [1.165, 1.54) is 5.56 Å². The van der Waals surface area contributed by atoms with E-state index in [2.05, 4.69) is 39.0 Å². The topological polar surface area (TPSA) is 51.6 Å². The highest BCUT2D eigenvalue weighted by Crippen LogP contribution is 2.36. The number of aromatic nitrogens is 1. The zero-order valence-electron chi connectivity index (χ0n) is 18.5. The summed E-state index contributed by atoms with van der Waals surface area (Å²) < 4.78 is 12.0. The second-order valence-electron chi connectivity index (χ2n) is 8.52. The molecule has 1 heterocycles. The Labute approximate surface area is 179 Å². The van der Waals surface area contributed by atoms with Gasteiger partial charge in [-0.05, 0) is 42.5 Å². The van der Waals surface area contributed by atoms with Crippen LogP contribution in [-0.4, -0.2) is 23.3 Å². The van der Waals surface area contributed by atoms with Crippen LogP contribution in [0.2, 0.25) is 0 Å². The molecule has 0 saturated heterocycles. The van der Waals surface area contributed by atoms with Gasteiger partial charge in [0.15, 0.2) is 0 Å². The molecule has 30 heavy (non-hydrogen) atoms. The molecule has 0 aliphatic rings. The smallest absolute Gasteiger partial charge is 0.129 e. The van der Waals surface area contributed by atoms with Crippen LogP contribution in [0.3, 0.4) is 0 Å². The lowest BCUT2D eigenvalue weighted by Gasteiger charge is -2.22. The summed E-state index contributed by atoms with van der Waals surface area (Å²) in [6.45, 7) is 11.2. The Morgan fingerprint density at radius 1 is 0.900 bits per heavy atom. The maximum atomic E-state index is 9.26. The first-order valence-corrected chi connectivity index (χ1v) is 10.3. The lowest BCUT2D eigenvalue weighted by molar-refractivity contribution is 0.201. The van der Waals surface area contributed by atoms with E-state index in [0.29, 0.717) is 6.61 Å². The molecular formula is C26H31NO3. The number of benzene rings is 2. The van der Waals surface area contributed by atoms with Crippen LogP contribution >= 0.6 is 0 Å². The Kier molecular flexibility index (Phi) is 6.78. The molecule has 3 aromatic rings. The van der Waals surface area contributed by atoms with Crippen molar-refractivity contribution in [2.24, 2.45) is 0 Å². The van der Waals surface area contributed by atoms with Crippen LogP contribution < -0.4 is 9.47 Å². The third-order valence-electron chi connectivity index (χ3n) is 5.18. The zero-order valence-corrected chi connectivity index (χ0v) is 18.5. The Morgan fingerprint density at radius 3 is 2.30 bits per heavy atom. The molecule has 3 rings (SSSR count). The summed E-state index contributed by atoms with van der Waals surface area (Å²) >= 11 is 0. The SMILES string of the molecule is Cc1nc(-c2ccc(C(C)(C)C)cc2OCCO)cc(OCc2ccccc2)c1C. The summed E-state index contributed by atoms with van der Waals surface area (Å²) in [5.74, 6) is 1.54. The van der Waals surface area contributed by atoms with Crippen LogP contribution in [0.4, 0.5) is 0 Å². The number of aliphatic hydroxyl groups is 1. The van der Waals surface area contributed by atoms with Crippen molar-refractivity contribution in [3.05, 3.63) is 77.0 Å². The van der Waals surface area contributed by atoms with Gasteiger partial charge >= 0.3 is 0 Å². The summed E-state index contributed by atoms with van der Waals surface area (Å²) in [5, 5.41) is 9.26. The molecule has 0 radical (unpaired) electrons. The van der Waals surface area contributed by atoms with Gasteiger partial charge in [-0.15, -0.1) is 0 Å². The second-order valence-corrected chi connectivity index (χ2v) is 8.52. The first kappa shape index (κ1) is 21.8. The molecule has 0 atom stereocenters. The van der Waals surface area contributed by atoms with Crippen LogP contribution in [0.5, 0.6) is 11.5 Å². The maximum Gasteiger partial charge on any atom is 0.129 e. The first-order chi connectivity index (χ1) is 14.3. The van der Waals surface area contributed by atoms with Crippen molar-refractivity contribution in [3.63, 3.8) is 0 Å². The minimum absolute atomic E-state index is 0.00354. The summed E-state index contributed by atoms with van der Waals surface area (Å²) in [6.07, 6.45) is 0. The molecule has 0 bridgehead atoms. The van der Waals surface area contributed by atoms with Gasteiger partial charge in [-0.25, -0.2) is 0 Å². The number of hydrogen-bond acceptors (Lipinski definition) is 4. The number of ether oxygens (including phenoxy) is 2. The molecule has 158 valence electrons. The summed E-state index contributed by atoms with van der Waals surface area (Å²) in [4.78, 5) is 4.80. The fraction of sp³-hybridized carbons (Fsp3) is 0.346. The van der Waals surface area contributed by atoms with Crippen molar-refractivity contribution >= 4 is 0 Å². The molecule has 0 amide bonds. The van der Waals surface area contributed by atoms with E-state index in [1.807, 2.05) is 50.2 Å². The number of rotatable bonds is 7. The maximum absolute atomic E-state index is 9.26. The molecule has 0 aliphatic carbocycles. The van der Waals surface area contributed by atoms with E-state index < -0.39 is 0 Å². The van der Waals surface area contributed by atoms with E-state index in [0.717, 1.165) is 39.6 Å². The molecule has 1 aromatic heterocycles. The van der Waals surface area contributed by atoms with Crippen LogP contribution in [0.1, 0.15) is 43.2 Å². The second kappa shape index (κ2) is 9.31. The summed E-state index contributed by atoms with van der Waals surface area (Å²) in [7, 11) is 0. The molecule has 4 nitrogen and oxygen atoms in total. The molecular weight excluding hydrogens is 374 g/mol. The normalized spacial score (nSPS) is 11.4. The van der Waals surface area contributed by atoms with E-state index in [1.54, 1.807) is 0 Å². The molecule has 0 saturated carbocycles. The number of aliphatic hydroxyl groups excluding tert-OH is 1. The summed E-state index contributed by atoms with van der Waals surface area (Å²) in [6, 6.07) is 18.3. The average molecular weight is 406 g/mol. The molecule has 0 fully saturated rings. The molecule has 0 aliphatic heterocycles. The van der Waals surface area contributed by atoms with E-state index in [9.17, 15) is 5.11 Å². The minimum Gasteiger partial charge on any atom is -0.490 e. The predicted molar refractivity (Wildman–Crippen MR) is 121 cm³/mol. The minimum atomic E-state index is -0.0367. The van der Waals surface area contributed by atoms with Gasteiger partial charge in [0, 0.05) is 22.9 Å². The predicted octanol–water partition coefficient (Wildman–Crippen LogP) is 5.61. The van der Waals surface area contributed by atoms with Crippen molar-refractivity contribution in [1.29, 1.82) is 0 Å². The standard InChI is InChI=1S/C26H31NO3/c1-18-19(2)27-23(16-24(18)30-17-20-9-7-6-8-10-20)22-12-11-21(26(3,4)5)15-25(22)29-14-13-28/h6-12,15-16,28H,13-14,17H2,1-5H3. The first-order valence-electron chi connectivity index (χ1n) is 10.3. The van der Waals surface area contributed by atoms with Crippen molar-refractivity contribution in [2.75, 3.05) is 13.2 Å². The van der Waals surface area contributed by atoms with E-state index in [-0.39, 0.29) is 18.6 Å². The highest BCUT2D eigenvalue weighted by molar-refractivity contribution is 5.70. The highest BCUT2D eigenvalue weighted by Gasteiger charge is 2.19. The largest absolute Gasteiger partial charge is 0.490 e. The van der Waals surface area contributed by atoms with Crippen LogP contribution in [0.15, 0.2) is 54.6 Å². The summed E-state index contributed by atoms with van der Waals surface area (Å²) in [5.41, 5.74) is 5.93. The zero-order chi connectivity index (χ0) is 21.7. The van der Waals surface area contributed by atoms with Gasteiger partial charge in [0.2, 0.25) is 0 Å². The van der Waals surface area contributed by atoms with Crippen molar-refractivity contribution < 1.29 is 14.6 Å². The van der Waals surface area contributed by atoms with Gasteiger partial charge in [0.25, 0.3) is 0 Å². The van der Waals surface area contributed by atoms with Gasteiger partial charge in [0.1, 0.15) is 24.7 Å². The van der Waals surface area contributed by atoms with Crippen LogP contribution in [0, 0.1) is 13.8 Å². The molecule has 1 N–H and O–H groups in total. The fourth-order valence-electron chi connectivity index (χ4n) is 3.21. The van der Waals surface area contributed by atoms with Gasteiger partial charge < -0.3 is 14.6 Å². The van der Waals surface area contributed by atoms with Crippen LogP contribution in [-0.2, 0) is 12.0 Å². The van der Waals surface area contributed by atoms with Gasteiger partial charge in [-0.1, -0.05) is 57.2 Å². The quantitative estimate of drug-likeness (QED) is 0.555. The van der Waals surface area contributed by atoms with E-state index in [4.69, 9.17) is 14.5 Å². The average Bonchev–Trinajstić information content (AvgIpc) is 2.73. The van der Waals surface area contributed by atoms with Crippen molar-refractivity contribution in [1.82, 2.24) is 4.98 Å². The molecule has 0 spiro atoms. The van der Waals surface area contributed by atoms with Crippen molar-refractivity contribution in [2.45, 2.75) is 46.6 Å². The number of pyridine rings is 1. The van der Waals surface area contributed by atoms with Crippen molar-refractivity contribution in [3.8, 4) is 22.8 Å². The molecule has 0 unspecified atom stereocenters. The van der Waals surface area contributed by atoms with Crippen LogP contribution in [0.25, 0.3) is 11.3 Å². The van der Waals surface area contributed by atoms with E-state index >= 15 is 0 Å². The highest BCUT2D eigenvalue weighted by atomic mass is 16.5. The molecule has 2 aromatic carbocycles. The lowest BCUT2D eigenvalue weighted by Crippen LogP contribution is -2.12. The Balaban J connectivity index is 1.99. The fourth-order valence-corrected chi connectivity index (χ4v) is 3.21. The Hall–Kier alpha value is -2.85. The monoisotopic (exact) mass is 405 g/mol. The van der Waals surface area contributed by atoms with Gasteiger partial charge in [-0.3, -0.25) is 4.98 Å². The number of nitrogens with zero attached hydrogens (tertiary/aromatic N) is 1. The Bertz CT molecular complexity index is 991. The molecule has 4 heteroatoms. The third-order valence-corrected chi connectivity index (χ3v) is 5.18. The number of hydrogen-bond donors (Lipinski definition) is 1. The lowest BCUT2D eigenvalue weighted by atomic mass is 9.86. The number of aryl methyl sites for hydroxylation is 1. The Morgan fingerprint density at radius 2 is 1.63 bits per heavy atom.